The lowest BCUT2D eigenvalue weighted by atomic mass is 9.99. The summed E-state index contributed by atoms with van der Waals surface area (Å²) in [4.78, 5) is 21.8. The first-order chi connectivity index (χ1) is 15.3. The third kappa shape index (κ3) is 5.69. The Morgan fingerprint density at radius 2 is 1.59 bits per heavy atom. The lowest BCUT2D eigenvalue weighted by Crippen LogP contribution is -2.60. The van der Waals surface area contributed by atoms with E-state index in [9.17, 15) is 35.3 Å². The molecule has 0 amide bonds. The minimum atomic E-state index is -1.56. The topological polar surface area (TPSA) is 178 Å². The number of aliphatic hydroxyl groups is 4. The molecule has 1 unspecified atom stereocenters. The molecule has 1 saturated heterocycles. The van der Waals surface area contributed by atoms with E-state index in [0.29, 0.717) is 5.56 Å². The fourth-order valence-corrected chi connectivity index (χ4v) is 2.87. The molecule has 172 valence electrons. The third-order valence-corrected chi connectivity index (χ3v) is 4.63. The molecule has 0 aliphatic carbocycles. The molecule has 2 aromatic rings. The number of hydrogen-bond donors (Lipinski definition) is 4. The Kier molecular flexibility index (Phi) is 7.56. The molecule has 12 heteroatoms. The van der Waals surface area contributed by atoms with Gasteiger partial charge in [-0.25, -0.2) is 4.79 Å². The van der Waals surface area contributed by atoms with Gasteiger partial charge in [0, 0.05) is 12.1 Å². The summed E-state index contributed by atoms with van der Waals surface area (Å²) in [6, 6.07) is 11.1. The number of hydrogen-bond acceptors (Lipinski definition) is 11. The summed E-state index contributed by atoms with van der Waals surface area (Å²) in [5, 5.41) is 49.4. The number of non-ortho nitro benzene ring substituents is 1. The molecule has 12 nitrogen and oxygen atoms in total. The summed E-state index contributed by atoms with van der Waals surface area (Å²) in [6.45, 7) is -0.705. The normalized spacial score (nSPS) is 25.1. The van der Waals surface area contributed by atoms with Crippen molar-refractivity contribution in [2.45, 2.75) is 37.3 Å². The second-order valence-electron chi connectivity index (χ2n) is 6.85. The molecule has 5 atom stereocenters. The Morgan fingerprint density at radius 1 is 0.969 bits per heavy atom. The highest BCUT2D eigenvalue weighted by molar-refractivity contribution is 5.64. The van der Waals surface area contributed by atoms with E-state index < -0.39 is 48.4 Å². The van der Waals surface area contributed by atoms with Gasteiger partial charge in [0.2, 0.25) is 6.29 Å². The molecule has 1 heterocycles. The zero-order valence-corrected chi connectivity index (χ0v) is 16.5. The van der Waals surface area contributed by atoms with Crippen molar-refractivity contribution in [1.82, 2.24) is 0 Å². The molecule has 2 aromatic carbocycles. The standard InChI is InChI=1S/C20H21NO11/c22-9-15-16(23)17(24)18(25)19(32-15)30-13-5-1-11(2-6-13)10-29-20(26)31-14-7-3-12(4-8-14)21(27)28/h1-8,15-19,22-25H,9-10H2/t15-,16-,17+,18-,19?/m1/s1. The fourth-order valence-electron chi connectivity index (χ4n) is 2.87. The van der Waals surface area contributed by atoms with Crippen molar-refractivity contribution in [3.63, 3.8) is 0 Å². The summed E-state index contributed by atoms with van der Waals surface area (Å²) in [5.41, 5.74) is 0.434. The lowest BCUT2D eigenvalue weighted by molar-refractivity contribution is -0.384. The van der Waals surface area contributed by atoms with Crippen molar-refractivity contribution in [2.24, 2.45) is 0 Å². The molecule has 0 radical (unpaired) electrons. The number of carbonyl (C=O) groups excluding carboxylic acids is 1. The number of rotatable bonds is 7. The average Bonchev–Trinajstić information content (AvgIpc) is 2.79. The van der Waals surface area contributed by atoms with Gasteiger partial charge in [-0.2, -0.15) is 0 Å². The van der Waals surface area contributed by atoms with Crippen molar-refractivity contribution < 1.29 is 49.1 Å². The first-order valence-corrected chi connectivity index (χ1v) is 9.43. The van der Waals surface area contributed by atoms with Crippen LogP contribution in [-0.2, 0) is 16.1 Å². The van der Waals surface area contributed by atoms with Crippen molar-refractivity contribution in [1.29, 1.82) is 0 Å². The Bertz CT molecular complexity index is 916. The van der Waals surface area contributed by atoms with Gasteiger partial charge in [-0.3, -0.25) is 10.1 Å². The van der Waals surface area contributed by atoms with E-state index in [2.05, 4.69) is 0 Å². The molecule has 0 bridgehead atoms. The van der Waals surface area contributed by atoms with Crippen LogP contribution in [0.1, 0.15) is 5.56 Å². The number of nitro benzene ring substituents is 1. The molecule has 4 N–H and O–H groups in total. The Labute approximate surface area is 181 Å². The van der Waals surface area contributed by atoms with Crippen LogP contribution in [0.3, 0.4) is 0 Å². The summed E-state index contributed by atoms with van der Waals surface area (Å²) < 4.78 is 20.6. The SMILES string of the molecule is O=C(OCc1ccc(OC2O[C@H](CO)[C@@H](O)[C@H](O)[C@H]2O)cc1)Oc1ccc([N+](=O)[O-])cc1. The van der Waals surface area contributed by atoms with Gasteiger partial charge in [0.15, 0.2) is 0 Å². The van der Waals surface area contributed by atoms with Crippen LogP contribution in [-0.4, -0.2) is 68.8 Å². The van der Waals surface area contributed by atoms with Crippen molar-refractivity contribution in [2.75, 3.05) is 6.61 Å². The van der Waals surface area contributed by atoms with E-state index >= 15 is 0 Å². The molecular weight excluding hydrogens is 430 g/mol. The van der Waals surface area contributed by atoms with Crippen LogP contribution in [0.15, 0.2) is 48.5 Å². The number of benzene rings is 2. The first-order valence-electron chi connectivity index (χ1n) is 9.43. The van der Waals surface area contributed by atoms with Crippen LogP contribution in [0, 0.1) is 10.1 Å². The molecule has 0 spiro atoms. The third-order valence-electron chi connectivity index (χ3n) is 4.63. The maximum atomic E-state index is 11.8. The predicted octanol–water partition coefficient (Wildman–Crippen LogP) is 0.489. The molecule has 32 heavy (non-hydrogen) atoms. The second kappa shape index (κ2) is 10.3. The zero-order valence-electron chi connectivity index (χ0n) is 16.5. The summed E-state index contributed by atoms with van der Waals surface area (Å²) in [5.74, 6) is 0.343. The fraction of sp³-hybridized carbons (Fsp3) is 0.350. The molecule has 1 aliphatic heterocycles. The number of ether oxygens (including phenoxy) is 4. The Balaban J connectivity index is 1.50. The summed E-state index contributed by atoms with van der Waals surface area (Å²) in [7, 11) is 0. The maximum absolute atomic E-state index is 11.8. The van der Waals surface area contributed by atoms with Gasteiger partial charge in [0.1, 0.15) is 42.5 Å². The average molecular weight is 451 g/mol. The number of aliphatic hydroxyl groups excluding tert-OH is 4. The Hall–Kier alpha value is -3.29. The summed E-state index contributed by atoms with van der Waals surface area (Å²) >= 11 is 0. The minimum absolute atomic E-state index is 0.0869. The van der Waals surface area contributed by atoms with E-state index in [1.54, 1.807) is 12.1 Å². The molecule has 0 saturated carbocycles. The minimum Gasteiger partial charge on any atom is -0.462 e. The zero-order chi connectivity index (χ0) is 23.3. The van der Waals surface area contributed by atoms with Crippen LogP contribution < -0.4 is 9.47 Å². The van der Waals surface area contributed by atoms with Gasteiger partial charge in [-0.1, -0.05) is 12.1 Å². The number of carbonyl (C=O) groups is 1. The highest BCUT2D eigenvalue weighted by atomic mass is 16.7. The van der Waals surface area contributed by atoms with Gasteiger partial charge in [-0.15, -0.1) is 0 Å². The van der Waals surface area contributed by atoms with E-state index in [1.807, 2.05) is 0 Å². The first kappa shape index (κ1) is 23.4. The molecular formula is C20H21NO11. The largest absolute Gasteiger partial charge is 0.514 e. The van der Waals surface area contributed by atoms with E-state index in [0.717, 1.165) is 0 Å². The van der Waals surface area contributed by atoms with Gasteiger partial charge in [-0.05, 0) is 29.8 Å². The van der Waals surface area contributed by atoms with Crippen molar-refractivity contribution in [3.8, 4) is 11.5 Å². The second-order valence-corrected chi connectivity index (χ2v) is 6.85. The molecule has 3 rings (SSSR count). The van der Waals surface area contributed by atoms with Gasteiger partial charge < -0.3 is 39.4 Å². The smallest absolute Gasteiger partial charge is 0.462 e. The van der Waals surface area contributed by atoms with Crippen LogP contribution in [0.2, 0.25) is 0 Å². The Morgan fingerprint density at radius 3 is 2.19 bits per heavy atom. The van der Waals surface area contributed by atoms with E-state index in [1.165, 1.54) is 36.4 Å². The monoisotopic (exact) mass is 451 g/mol. The molecule has 1 fully saturated rings. The number of nitrogens with zero attached hydrogens (tertiary/aromatic N) is 1. The van der Waals surface area contributed by atoms with Gasteiger partial charge in [0.05, 0.1) is 11.5 Å². The van der Waals surface area contributed by atoms with Crippen LogP contribution in [0.5, 0.6) is 11.5 Å². The molecule has 1 aliphatic rings. The maximum Gasteiger partial charge on any atom is 0.514 e. The van der Waals surface area contributed by atoms with Crippen molar-refractivity contribution >= 4 is 11.8 Å². The van der Waals surface area contributed by atoms with E-state index in [-0.39, 0.29) is 23.8 Å². The highest BCUT2D eigenvalue weighted by Crippen LogP contribution is 2.25. The van der Waals surface area contributed by atoms with Gasteiger partial charge in [0.25, 0.3) is 5.69 Å². The van der Waals surface area contributed by atoms with Crippen molar-refractivity contribution in [3.05, 3.63) is 64.2 Å². The quantitative estimate of drug-likeness (QED) is 0.199. The van der Waals surface area contributed by atoms with Crippen LogP contribution in [0.25, 0.3) is 0 Å². The van der Waals surface area contributed by atoms with Crippen LogP contribution in [0.4, 0.5) is 10.5 Å². The highest BCUT2D eigenvalue weighted by Gasteiger charge is 2.44. The van der Waals surface area contributed by atoms with Gasteiger partial charge >= 0.3 is 6.16 Å². The lowest BCUT2D eigenvalue weighted by Gasteiger charge is -2.39. The predicted molar refractivity (Wildman–Crippen MR) is 105 cm³/mol. The number of nitro groups is 1. The van der Waals surface area contributed by atoms with E-state index in [4.69, 9.17) is 18.9 Å². The van der Waals surface area contributed by atoms with Crippen LogP contribution >= 0.6 is 0 Å². The summed E-state index contributed by atoms with van der Waals surface area (Å²) in [6.07, 6.45) is -7.98. The molecule has 0 aromatic heterocycles.